The van der Waals surface area contributed by atoms with E-state index in [1.807, 2.05) is 6.92 Å². The van der Waals surface area contributed by atoms with E-state index in [2.05, 4.69) is 0 Å². The van der Waals surface area contributed by atoms with Crippen molar-refractivity contribution in [2.75, 3.05) is 6.54 Å². The number of alkyl halides is 7. The Labute approximate surface area is 117 Å². The normalized spacial score (nSPS) is 14.5. The molecular formula is C10H16F7NO2S. The smallest absolute Gasteiger partial charge is 0.210 e. The van der Waals surface area contributed by atoms with Crippen LogP contribution in [0.2, 0.25) is 0 Å². The summed E-state index contributed by atoms with van der Waals surface area (Å²) in [6, 6.07) is 0. The molecule has 0 aliphatic rings. The van der Waals surface area contributed by atoms with Crippen LogP contribution in [0.15, 0.2) is 0 Å². The van der Waals surface area contributed by atoms with Gasteiger partial charge in [-0.3, -0.25) is 0 Å². The van der Waals surface area contributed by atoms with Crippen molar-refractivity contribution in [1.29, 1.82) is 0 Å². The van der Waals surface area contributed by atoms with E-state index >= 15 is 0 Å². The van der Waals surface area contributed by atoms with Gasteiger partial charge in [-0.15, -0.1) is 0 Å². The molecule has 21 heavy (non-hydrogen) atoms. The molecule has 0 unspecified atom stereocenters. The summed E-state index contributed by atoms with van der Waals surface area (Å²) in [5.41, 5.74) is 0. The van der Waals surface area contributed by atoms with Gasteiger partial charge in [0.2, 0.25) is 0 Å². The summed E-state index contributed by atoms with van der Waals surface area (Å²) in [6.45, 7) is 1.26. The lowest BCUT2D eigenvalue weighted by molar-refractivity contribution is -0.332. The van der Waals surface area contributed by atoms with Gasteiger partial charge in [0, 0.05) is 6.54 Å². The van der Waals surface area contributed by atoms with Gasteiger partial charge in [0.05, 0.1) is 0 Å². The molecule has 128 valence electrons. The second kappa shape index (κ2) is 7.12. The summed E-state index contributed by atoms with van der Waals surface area (Å²) < 4.78 is 110. The van der Waals surface area contributed by atoms with Gasteiger partial charge in [-0.1, -0.05) is 32.6 Å². The molecule has 0 rings (SSSR count). The summed E-state index contributed by atoms with van der Waals surface area (Å²) in [4.78, 5) is 0. The minimum absolute atomic E-state index is 0.0624. The molecule has 0 aromatic rings. The lowest BCUT2D eigenvalue weighted by Crippen LogP contribution is -2.59. The molecule has 0 heterocycles. The Morgan fingerprint density at radius 2 is 1.33 bits per heavy atom. The predicted molar refractivity (Wildman–Crippen MR) is 61.6 cm³/mol. The third kappa shape index (κ3) is 4.70. The molecule has 0 radical (unpaired) electrons. The highest BCUT2D eigenvalue weighted by Gasteiger charge is 2.78. The summed E-state index contributed by atoms with van der Waals surface area (Å²) in [6.07, 6.45) is -3.82. The van der Waals surface area contributed by atoms with E-state index in [1.165, 1.54) is 0 Å². The van der Waals surface area contributed by atoms with Crippen molar-refractivity contribution < 1.29 is 39.2 Å². The van der Waals surface area contributed by atoms with Crippen molar-refractivity contribution in [2.45, 2.75) is 56.4 Å². The Morgan fingerprint density at radius 3 is 1.76 bits per heavy atom. The molecule has 0 aromatic heterocycles. The van der Waals surface area contributed by atoms with Crippen LogP contribution in [0.4, 0.5) is 30.7 Å². The van der Waals surface area contributed by atoms with E-state index in [0.717, 1.165) is 17.6 Å². The molecule has 0 fully saturated rings. The average Bonchev–Trinajstić information content (AvgIpc) is 2.31. The van der Waals surface area contributed by atoms with E-state index in [9.17, 15) is 39.2 Å². The van der Waals surface area contributed by atoms with E-state index in [4.69, 9.17) is 0 Å². The number of hydrogen-bond acceptors (Lipinski definition) is 2. The van der Waals surface area contributed by atoms with Gasteiger partial charge in [-0.25, -0.2) is 13.1 Å². The summed E-state index contributed by atoms with van der Waals surface area (Å²) in [5, 5.41) is -6.28. The van der Waals surface area contributed by atoms with Crippen LogP contribution in [0.5, 0.6) is 0 Å². The van der Waals surface area contributed by atoms with Crippen LogP contribution in [0, 0.1) is 0 Å². The summed E-state index contributed by atoms with van der Waals surface area (Å²) >= 11 is 0. The first-order chi connectivity index (χ1) is 9.31. The van der Waals surface area contributed by atoms with E-state index in [1.54, 1.807) is 0 Å². The predicted octanol–water partition coefficient (Wildman–Crippen LogP) is 3.67. The maximum Gasteiger partial charge on any atom is 0.461 e. The first kappa shape index (κ1) is 20.4. The number of hydrogen-bond donors (Lipinski definition) is 1. The molecule has 0 atom stereocenters. The van der Waals surface area contributed by atoms with Crippen molar-refractivity contribution >= 4 is 10.0 Å². The minimum Gasteiger partial charge on any atom is -0.210 e. The fourth-order valence-corrected chi connectivity index (χ4v) is 2.41. The molecule has 0 bridgehead atoms. The Hall–Kier alpha value is -0.580. The molecule has 0 aliphatic heterocycles. The lowest BCUT2D eigenvalue weighted by Gasteiger charge is -2.27. The Morgan fingerprint density at radius 1 is 0.857 bits per heavy atom. The van der Waals surface area contributed by atoms with E-state index in [0.29, 0.717) is 12.8 Å². The van der Waals surface area contributed by atoms with Crippen molar-refractivity contribution in [2.24, 2.45) is 0 Å². The number of unbranched alkanes of at least 4 members (excludes halogenated alkanes) is 4. The Bertz CT molecular complexity index is 420. The summed E-state index contributed by atoms with van der Waals surface area (Å²) in [7, 11) is -6.15. The highest BCUT2D eigenvalue weighted by molar-refractivity contribution is 7.90. The Balaban J connectivity index is 4.75. The van der Waals surface area contributed by atoms with Crippen LogP contribution in [-0.4, -0.2) is 32.3 Å². The van der Waals surface area contributed by atoms with Crippen molar-refractivity contribution in [1.82, 2.24) is 4.72 Å². The molecule has 0 spiro atoms. The van der Waals surface area contributed by atoms with Crippen LogP contribution >= 0.6 is 0 Å². The summed E-state index contributed by atoms with van der Waals surface area (Å²) in [5.74, 6) is -6.67. The topological polar surface area (TPSA) is 46.2 Å². The molecule has 11 heteroatoms. The zero-order valence-corrected chi connectivity index (χ0v) is 11.9. The number of nitrogens with one attached hydrogen (secondary N) is 1. The minimum atomic E-state index is -6.67. The van der Waals surface area contributed by atoms with Gasteiger partial charge in [-0.2, -0.15) is 30.7 Å². The maximum atomic E-state index is 13.0. The van der Waals surface area contributed by atoms with Gasteiger partial charge in [0.25, 0.3) is 10.0 Å². The van der Waals surface area contributed by atoms with Crippen LogP contribution in [-0.2, 0) is 10.0 Å². The van der Waals surface area contributed by atoms with Crippen molar-refractivity contribution in [3.05, 3.63) is 0 Å². The molecule has 0 saturated carbocycles. The Kier molecular flexibility index (Phi) is 6.92. The van der Waals surface area contributed by atoms with Gasteiger partial charge >= 0.3 is 17.4 Å². The monoisotopic (exact) mass is 347 g/mol. The quantitative estimate of drug-likeness (QED) is 0.511. The zero-order valence-electron chi connectivity index (χ0n) is 11.1. The molecule has 0 saturated heterocycles. The second-order valence-electron chi connectivity index (χ2n) is 4.40. The highest BCUT2D eigenvalue weighted by atomic mass is 32.2. The highest BCUT2D eigenvalue weighted by Crippen LogP contribution is 2.48. The van der Waals surface area contributed by atoms with Crippen LogP contribution < -0.4 is 4.72 Å². The molecule has 3 nitrogen and oxygen atoms in total. The standard InChI is InChI=1S/C10H16F7NO2S/c1-2-3-4-5-6-7-18-21(19,20)10(16,17)8(11,12)9(13,14)15/h18H,2-7H2,1H3. The van der Waals surface area contributed by atoms with Gasteiger partial charge in [0.1, 0.15) is 0 Å². The van der Waals surface area contributed by atoms with Gasteiger partial charge in [0.15, 0.2) is 0 Å². The van der Waals surface area contributed by atoms with Crippen LogP contribution in [0.25, 0.3) is 0 Å². The van der Waals surface area contributed by atoms with Gasteiger partial charge < -0.3 is 0 Å². The third-order valence-electron chi connectivity index (χ3n) is 2.63. The second-order valence-corrected chi connectivity index (χ2v) is 6.21. The molecule has 0 aromatic carbocycles. The third-order valence-corrected chi connectivity index (χ3v) is 4.15. The van der Waals surface area contributed by atoms with E-state index in [-0.39, 0.29) is 6.42 Å². The maximum absolute atomic E-state index is 13.0. The first-order valence-corrected chi connectivity index (χ1v) is 7.61. The largest absolute Gasteiger partial charge is 0.461 e. The molecule has 0 amide bonds. The zero-order chi connectivity index (χ0) is 16.9. The number of rotatable bonds is 9. The van der Waals surface area contributed by atoms with Gasteiger partial charge in [-0.05, 0) is 6.42 Å². The molecule has 1 N–H and O–H groups in total. The average molecular weight is 347 g/mol. The van der Waals surface area contributed by atoms with Crippen LogP contribution in [0.1, 0.15) is 39.0 Å². The SMILES string of the molecule is CCCCCCCNS(=O)(=O)C(F)(F)C(F)(F)C(F)(F)F. The van der Waals surface area contributed by atoms with Crippen molar-refractivity contribution in [3.8, 4) is 0 Å². The molecular weight excluding hydrogens is 331 g/mol. The first-order valence-electron chi connectivity index (χ1n) is 6.13. The fourth-order valence-electron chi connectivity index (χ4n) is 1.36. The van der Waals surface area contributed by atoms with Crippen molar-refractivity contribution in [3.63, 3.8) is 0 Å². The fraction of sp³-hybridized carbons (Fsp3) is 1.00. The van der Waals surface area contributed by atoms with Crippen LogP contribution in [0.3, 0.4) is 0 Å². The number of halogens is 7. The lowest BCUT2D eigenvalue weighted by atomic mass is 10.2. The van der Waals surface area contributed by atoms with E-state index < -0.39 is 33.9 Å². The molecule has 0 aliphatic carbocycles. The number of sulfonamides is 1.